The number of hydrogen-bond donors (Lipinski definition) is 0. The summed E-state index contributed by atoms with van der Waals surface area (Å²) in [4.78, 5) is 0. The molecule has 1 nitrogen and oxygen atoms in total. The largest absolute Gasteiger partial charge is 0.347 e. The van der Waals surface area contributed by atoms with Gasteiger partial charge in [0.2, 0.25) is 0 Å². The number of aromatic nitrogens is 1. The minimum atomic E-state index is 1.12. The number of hydrogen-bond acceptors (Lipinski definition) is 1. The third-order valence-corrected chi connectivity index (χ3v) is 3.59. The monoisotopic (exact) mass is 219 g/mol. The molecule has 0 N–H and O–H groups in total. The second kappa shape index (κ2) is 4.75. The van der Waals surface area contributed by atoms with Crippen LogP contribution in [0.25, 0.3) is 10.9 Å². The Morgan fingerprint density at radius 2 is 2.13 bits per heavy atom. The lowest BCUT2D eigenvalue weighted by Crippen LogP contribution is -1.98. The van der Waals surface area contributed by atoms with Crippen LogP contribution in [0.1, 0.15) is 12.5 Å². The smallest absolute Gasteiger partial charge is 0.0483 e. The summed E-state index contributed by atoms with van der Waals surface area (Å²) in [5.41, 5.74) is 2.74. The number of rotatable bonds is 4. The van der Waals surface area contributed by atoms with E-state index in [4.69, 9.17) is 0 Å². The summed E-state index contributed by atoms with van der Waals surface area (Å²) in [6.45, 7) is 5.50. The lowest BCUT2D eigenvalue weighted by molar-refractivity contribution is 0.807. The van der Waals surface area contributed by atoms with Crippen molar-refractivity contribution in [2.75, 3.05) is 11.5 Å². The van der Waals surface area contributed by atoms with E-state index in [1.54, 1.807) is 0 Å². The van der Waals surface area contributed by atoms with Gasteiger partial charge in [0.05, 0.1) is 0 Å². The highest BCUT2D eigenvalue weighted by atomic mass is 32.2. The second-order valence-electron chi connectivity index (χ2n) is 3.71. The molecule has 0 saturated heterocycles. The third-order valence-electron chi connectivity index (χ3n) is 2.71. The molecule has 0 unspecified atom stereocenters. The number of aryl methyl sites for hydroxylation is 2. The zero-order chi connectivity index (χ0) is 10.7. The zero-order valence-corrected chi connectivity index (χ0v) is 10.2. The number of thioether (sulfide) groups is 1. The lowest BCUT2D eigenvalue weighted by atomic mass is 10.1. The van der Waals surface area contributed by atoms with Gasteiger partial charge in [-0.25, -0.2) is 0 Å². The van der Waals surface area contributed by atoms with Crippen LogP contribution in [0.2, 0.25) is 0 Å². The molecule has 2 rings (SSSR count). The highest BCUT2D eigenvalue weighted by Crippen LogP contribution is 2.19. The van der Waals surface area contributed by atoms with Gasteiger partial charge in [0.25, 0.3) is 0 Å². The fourth-order valence-corrected chi connectivity index (χ4v) is 2.49. The molecule has 0 saturated carbocycles. The molecule has 15 heavy (non-hydrogen) atoms. The molecule has 0 fully saturated rings. The van der Waals surface area contributed by atoms with E-state index in [1.807, 2.05) is 11.8 Å². The van der Waals surface area contributed by atoms with Gasteiger partial charge in [-0.1, -0.05) is 19.1 Å². The number of nitrogens with zero attached hydrogens (tertiary/aromatic N) is 1. The van der Waals surface area contributed by atoms with Crippen molar-refractivity contribution in [3.63, 3.8) is 0 Å². The quantitative estimate of drug-likeness (QED) is 0.710. The van der Waals surface area contributed by atoms with Gasteiger partial charge in [0.1, 0.15) is 0 Å². The molecule has 2 heteroatoms. The molecule has 0 aliphatic heterocycles. The Hall–Kier alpha value is -0.890. The van der Waals surface area contributed by atoms with Crippen molar-refractivity contribution < 1.29 is 0 Å². The molecule has 1 heterocycles. The molecule has 1 aromatic heterocycles. The molecule has 80 valence electrons. The predicted octanol–water partition coefficient (Wildman–Crippen LogP) is 3.70. The van der Waals surface area contributed by atoms with Crippen LogP contribution in [-0.4, -0.2) is 16.1 Å². The summed E-state index contributed by atoms with van der Waals surface area (Å²) in [6, 6.07) is 8.74. The Morgan fingerprint density at radius 3 is 2.93 bits per heavy atom. The van der Waals surface area contributed by atoms with E-state index in [1.165, 1.54) is 28.0 Å². The van der Waals surface area contributed by atoms with Gasteiger partial charge in [-0.15, -0.1) is 0 Å². The first-order valence-electron chi connectivity index (χ1n) is 5.45. The molecule has 2 aromatic rings. The topological polar surface area (TPSA) is 4.93 Å². The summed E-state index contributed by atoms with van der Waals surface area (Å²) in [5.74, 6) is 2.41. The van der Waals surface area contributed by atoms with E-state index < -0.39 is 0 Å². The van der Waals surface area contributed by atoms with Crippen LogP contribution in [0.3, 0.4) is 0 Å². The van der Waals surface area contributed by atoms with E-state index in [0.717, 1.165) is 6.54 Å². The minimum absolute atomic E-state index is 1.12. The first-order chi connectivity index (χ1) is 7.33. The maximum absolute atomic E-state index is 2.35. The molecule has 0 radical (unpaired) electrons. The van der Waals surface area contributed by atoms with Crippen molar-refractivity contribution in [1.29, 1.82) is 0 Å². The first kappa shape index (κ1) is 10.6. The van der Waals surface area contributed by atoms with Crippen molar-refractivity contribution in [1.82, 2.24) is 4.57 Å². The third kappa shape index (κ3) is 2.20. The summed E-state index contributed by atoms with van der Waals surface area (Å²) >= 11 is 2.00. The average molecular weight is 219 g/mol. The Morgan fingerprint density at radius 1 is 1.27 bits per heavy atom. The van der Waals surface area contributed by atoms with Crippen LogP contribution >= 0.6 is 11.8 Å². The SMILES string of the molecule is CCSCCn1ccc2c(C)cccc21. The van der Waals surface area contributed by atoms with Gasteiger partial charge in [0, 0.05) is 29.4 Å². The highest BCUT2D eigenvalue weighted by molar-refractivity contribution is 7.99. The normalized spacial score (nSPS) is 11.1. The second-order valence-corrected chi connectivity index (χ2v) is 5.11. The first-order valence-corrected chi connectivity index (χ1v) is 6.60. The van der Waals surface area contributed by atoms with Crippen LogP contribution < -0.4 is 0 Å². The Kier molecular flexibility index (Phi) is 3.37. The Balaban J connectivity index is 2.25. The predicted molar refractivity (Wildman–Crippen MR) is 69.7 cm³/mol. The maximum Gasteiger partial charge on any atom is 0.0483 e. The van der Waals surface area contributed by atoms with Crippen molar-refractivity contribution in [2.45, 2.75) is 20.4 Å². The van der Waals surface area contributed by atoms with Crippen LogP contribution in [-0.2, 0) is 6.54 Å². The van der Waals surface area contributed by atoms with Crippen LogP contribution in [0.5, 0.6) is 0 Å². The summed E-state index contributed by atoms with van der Waals surface area (Å²) < 4.78 is 2.35. The Labute approximate surface area is 95.5 Å². The molecule has 0 bridgehead atoms. The van der Waals surface area contributed by atoms with E-state index >= 15 is 0 Å². The van der Waals surface area contributed by atoms with Gasteiger partial charge in [-0.3, -0.25) is 0 Å². The van der Waals surface area contributed by atoms with Gasteiger partial charge < -0.3 is 4.57 Å². The van der Waals surface area contributed by atoms with Crippen molar-refractivity contribution >= 4 is 22.7 Å². The van der Waals surface area contributed by atoms with Crippen LogP contribution in [0.4, 0.5) is 0 Å². The van der Waals surface area contributed by atoms with Gasteiger partial charge in [0.15, 0.2) is 0 Å². The zero-order valence-electron chi connectivity index (χ0n) is 9.36. The van der Waals surface area contributed by atoms with Gasteiger partial charge in [-0.05, 0) is 30.4 Å². The molecular weight excluding hydrogens is 202 g/mol. The Bertz CT molecular complexity index is 445. The fraction of sp³-hybridized carbons (Fsp3) is 0.385. The fourth-order valence-electron chi connectivity index (χ4n) is 1.88. The molecular formula is C13H17NS. The van der Waals surface area contributed by atoms with E-state index in [-0.39, 0.29) is 0 Å². The van der Waals surface area contributed by atoms with Crippen molar-refractivity contribution in [3.8, 4) is 0 Å². The maximum atomic E-state index is 2.35. The van der Waals surface area contributed by atoms with Crippen LogP contribution in [0, 0.1) is 6.92 Å². The van der Waals surface area contributed by atoms with Gasteiger partial charge in [-0.2, -0.15) is 11.8 Å². The average Bonchev–Trinajstić information content (AvgIpc) is 2.64. The molecule has 0 atom stereocenters. The highest BCUT2D eigenvalue weighted by Gasteiger charge is 2.01. The molecule has 0 amide bonds. The van der Waals surface area contributed by atoms with E-state index in [2.05, 4.69) is 48.9 Å². The lowest BCUT2D eigenvalue weighted by Gasteiger charge is -2.04. The summed E-state index contributed by atoms with van der Waals surface area (Å²) in [6.07, 6.45) is 2.20. The van der Waals surface area contributed by atoms with Crippen LogP contribution in [0.15, 0.2) is 30.5 Å². The van der Waals surface area contributed by atoms with Crippen molar-refractivity contribution in [2.24, 2.45) is 0 Å². The number of benzene rings is 1. The van der Waals surface area contributed by atoms with Gasteiger partial charge >= 0.3 is 0 Å². The molecule has 0 aliphatic carbocycles. The molecule has 1 aromatic carbocycles. The van der Waals surface area contributed by atoms with Crippen molar-refractivity contribution in [3.05, 3.63) is 36.0 Å². The molecule has 0 spiro atoms. The molecule has 0 aliphatic rings. The summed E-state index contributed by atoms with van der Waals surface area (Å²) in [5, 5.41) is 1.39. The minimum Gasteiger partial charge on any atom is -0.347 e. The van der Waals surface area contributed by atoms with E-state index in [9.17, 15) is 0 Å². The van der Waals surface area contributed by atoms with E-state index in [0.29, 0.717) is 0 Å². The summed E-state index contributed by atoms with van der Waals surface area (Å²) in [7, 11) is 0. The standard InChI is InChI=1S/C13H17NS/c1-3-15-10-9-14-8-7-12-11(2)5-4-6-13(12)14/h4-8H,3,9-10H2,1-2H3. The number of fused-ring (bicyclic) bond motifs is 1.